The smallest absolute Gasteiger partial charge is 0.335 e. The summed E-state index contributed by atoms with van der Waals surface area (Å²) in [5.74, 6) is -0.0317. The van der Waals surface area contributed by atoms with E-state index in [1.54, 1.807) is 25.3 Å². The summed E-state index contributed by atoms with van der Waals surface area (Å²) >= 11 is 0. The van der Waals surface area contributed by atoms with Crippen LogP contribution in [0, 0.1) is 6.92 Å². The molecular formula is C16H16O3. The molecule has 3 nitrogen and oxygen atoms in total. The van der Waals surface area contributed by atoms with E-state index in [1.807, 2.05) is 25.1 Å². The number of aryl methyl sites for hydroxylation is 1. The fraction of sp³-hybridized carbons (Fsp3) is 0.188. The van der Waals surface area contributed by atoms with Crippen LogP contribution in [-0.4, -0.2) is 18.2 Å². The number of ether oxygens (including phenoxy) is 1. The van der Waals surface area contributed by atoms with E-state index in [2.05, 4.69) is 6.07 Å². The number of methoxy groups -OCH3 is 1. The third-order valence-electron chi connectivity index (χ3n) is 3.04. The van der Waals surface area contributed by atoms with Gasteiger partial charge in [-0.2, -0.15) is 0 Å². The molecule has 0 aromatic heterocycles. The van der Waals surface area contributed by atoms with Crippen molar-refractivity contribution in [2.45, 2.75) is 13.3 Å². The van der Waals surface area contributed by atoms with Gasteiger partial charge in [-0.25, -0.2) is 4.79 Å². The molecule has 0 heterocycles. The molecular weight excluding hydrogens is 240 g/mol. The molecule has 0 aliphatic heterocycles. The van der Waals surface area contributed by atoms with Crippen LogP contribution < -0.4 is 4.74 Å². The molecule has 2 aromatic carbocycles. The van der Waals surface area contributed by atoms with Crippen LogP contribution in [0.3, 0.4) is 0 Å². The van der Waals surface area contributed by atoms with E-state index in [1.165, 1.54) is 0 Å². The second-order valence-electron chi connectivity index (χ2n) is 4.49. The van der Waals surface area contributed by atoms with Gasteiger partial charge in [0.1, 0.15) is 5.75 Å². The van der Waals surface area contributed by atoms with Crippen molar-refractivity contribution in [3.8, 4) is 5.75 Å². The highest BCUT2D eigenvalue weighted by atomic mass is 16.5. The first-order chi connectivity index (χ1) is 9.10. The summed E-state index contributed by atoms with van der Waals surface area (Å²) in [6.45, 7) is 2.00. The Bertz CT molecular complexity index is 603. The maximum atomic E-state index is 10.9. The number of hydrogen-bond acceptors (Lipinski definition) is 2. The Kier molecular flexibility index (Phi) is 3.85. The van der Waals surface area contributed by atoms with Crippen molar-refractivity contribution in [1.82, 2.24) is 0 Å². The molecule has 0 unspecified atom stereocenters. The molecule has 0 radical (unpaired) electrons. The lowest BCUT2D eigenvalue weighted by molar-refractivity contribution is 0.0697. The molecule has 0 aliphatic rings. The summed E-state index contributed by atoms with van der Waals surface area (Å²) in [6.07, 6.45) is 0.714. The first-order valence-electron chi connectivity index (χ1n) is 6.06. The van der Waals surface area contributed by atoms with Crippen molar-refractivity contribution in [3.05, 3.63) is 64.7 Å². The zero-order valence-electron chi connectivity index (χ0n) is 11.0. The molecule has 3 heteroatoms. The first-order valence-corrected chi connectivity index (χ1v) is 6.06. The summed E-state index contributed by atoms with van der Waals surface area (Å²) < 4.78 is 5.22. The Hall–Kier alpha value is -2.29. The molecule has 0 amide bonds. The molecule has 0 spiro atoms. The molecule has 0 saturated heterocycles. The summed E-state index contributed by atoms with van der Waals surface area (Å²) in [6, 6.07) is 13.0. The van der Waals surface area contributed by atoms with Gasteiger partial charge in [0.2, 0.25) is 0 Å². The number of carboxylic acids is 1. The molecule has 0 saturated carbocycles. The van der Waals surface area contributed by atoms with Crippen LogP contribution in [0.15, 0.2) is 42.5 Å². The van der Waals surface area contributed by atoms with Crippen molar-refractivity contribution in [2.24, 2.45) is 0 Å². The quantitative estimate of drug-likeness (QED) is 0.913. The van der Waals surface area contributed by atoms with Gasteiger partial charge in [0.25, 0.3) is 0 Å². The minimum absolute atomic E-state index is 0.322. The minimum atomic E-state index is -0.896. The number of aromatic carboxylic acids is 1. The van der Waals surface area contributed by atoms with E-state index in [9.17, 15) is 4.79 Å². The molecule has 1 N–H and O–H groups in total. The van der Waals surface area contributed by atoms with Crippen molar-refractivity contribution in [3.63, 3.8) is 0 Å². The molecule has 0 fully saturated rings. The fourth-order valence-corrected chi connectivity index (χ4v) is 2.10. The van der Waals surface area contributed by atoms with Crippen molar-refractivity contribution < 1.29 is 14.6 Å². The van der Waals surface area contributed by atoms with Crippen LogP contribution in [0.4, 0.5) is 0 Å². The Morgan fingerprint density at radius 2 is 1.89 bits per heavy atom. The molecule has 2 rings (SSSR count). The normalized spacial score (nSPS) is 10.2. The zero-order valence-corrected chi connectivity index (χ0v) is 11.0. The van der Waals surface area contributed by atoms with Gasteiger partial charge in [0, 0.05) is 0 Å². The van der Waals surface area contributed by atoms with Crippen LogP contribution in [0.25, 0.3) is 0 Å². The number of carbonyl (C=O) groups is 1. The summed E-state index contributed by atoms with van der Waals surface area (Å²) in [4.78, 5) is 10.9. The highest BCUT2D eigenvalue weighted by Crippen LogP contribution is 2.20. The minimum Gasteiger partial charge on any atom is -0.496 e. The molecule has 0 bridgehead atoms. The summed E-state index contributed by atoms with van der Waals surface area (Å²) in [5.41, 5.74) is 3.53. The van der Waals surface area contributed by atoms with Crippen LogP contribution in [-0.2, 0) is 6.42 Å². The Balaban J connectivity index is 2.23. The molecule has 98 valence electrons. The van der Waals surface area contributed by atoms with E-state index in [0.717, 1.165) is 22.4 Å². The number of carboxylic acid groups (broad SMARTS) is 1. The second-order valence-corrected chi connectivity index (χ2v) is 4.49. The predicted octanol–water partition coefficient (Wildman–Crippen LogP) is 3.29. The predicted molar refractivity (Wildman–Crippen MR) is 73.9 cm³/mol. The number of benzene rings is 2. The van der Waals surface area contributed by atoms with Crippen LogP contribution in [0.2, 0.25) is 0 Å². The van der Waals surface area contributed by atoms with Gasteiger partial charge in [-0.1, -0.05) is 24.3 Å². The average Bonchev–Trinajstić information content (AvgIpc) is 2.39. The average molecular weight is 256 g/mol. The Morgan fingerprint density at radius 1 is 1.16 bits per heavy atom. The lowest BCUT2D eigenvalue weighted by Crippen LogP contribution is -1.98. The van der Waals surface area contributed by atoms with Gasteiger partial charge < -0.3 is 9.84 Å². The maximum Gasteiger partial charge on any atom is 0.335 e. The van der Waals surface area contributed by atoms with E-state index in [0.29, 0.717) is 12.0 Å². The van der Waals surface area contributed by atoms with E-state index in [-0.39, 0.29) is 0 Å². The SMILES string of the molecule is COc1ccc(Cc2cccc(C(=O)O)c2)cc1C. The molecule has 0 aliphatic carbocycles. The number of hydrogen-bond donors (Lipinski definition) is 1. The second kappa shape index (κ2) is 5.57. The zero-order chi connectivity index (χ0) is 13.8. The van der Waals surface area contributed by atoms with Crippen molar-refractivity contribution in [2.75, 3.05) is 7.11 Å². The van der Waals surface area contributed by atoms with Gasteiger partial charge in [0.05, 0.1) is 12.7 Å². The standard InChI is InChI=1S/C16H16O3/c1-11-8-13(6-7-15(11)19-2)9-12-4-3-5-14(10-12)16(17)18/h3-8,10H,9H2,1-2H3,(H,17,18). The third-order valence-corrected chi connectivity index (χ3v) is 3.04. The van der Waals surface area contributed by atoms with Gasteiger partial charge in [-0.05, 0) is 48.2 Å². The van der Waals surface area contributed by atoms with Gasteiger partial charge in [0.15, 0.2) is 0 Å². The highest BCUT2D eigenvalue weighted by molar-refractivity contribution is 5.87. The summed E-state index contributed by atoms with van der Waals surface area (Å²) in [7, 11) is 1.65. The first kappa shape index (κ1) is 13.1. The molecule has 2 aromatic rings. The highest BCUT2D eigenvalue weighted by Gasteiger charge is 2.05. The fourth-order valence-electron chi connectivity index (χ4n) is 2.10. The Morgan fingerprint density at radius 3 is 2.53 bits per heavy atom. The third kappa shape index (κ3) is 3.13. The monoisotopic (exact) mass is 256 g/mol. The lowest BCUT2D eigenvalue weighted by atomic mass is 10.0. The van der Waals surface area contributed by atoms with E-state index >= 15 is 0 Å². The Labute approximate surface area is 112 Å². The molecule has 0 atom stereocenters. The van der Waals surface area contributed by atoms with Crippen molar-refractivity contribution in [1.29, 1.82) is 0 Å². The van der Waals surface area contributed by atoms with Crippen LogP contribution in [0.1, 0.15) is 27.0 Å². The van der Waals surface area contributed by atoms with Gasteiger partial charge in [-0.3, -0.25) is 0 Å². The van der Waals surface area contributed by atoms with Gasteiger partial charge in [-0.15, -0.1) is 0 Å². The maximum absolute atomic E-state index is 10.9. The largest absolute Gasteiger partial charge is 0.496 e. The van der Waals surface area contributed by atoms with Gasteiger partial charge >= 0.3 is 5.97 Å². The van der Waals surface area contributed by atoms with Crippen LogP contribution in [0.5, 0.6) is 5.75 Å². The topological polar surface area (TPSA) is 46.5 Å². The molecule has 19 heavy (non-hydrogen) atoms. The number of rotatable bonds is 4. The van der Waals surface area contributed by atoms with E-state index < -0.39 is 5.97 Å². The lowest BCUT2D eigenvalue weighted by Gasteiger charge is -2.08. The summed E-state index contributed by atoms with van der Waals surface area (Å²) in [5, 5.41) is 8.97. The van der Waals surface area contributed by atoms with E-state index in [4.69, 9.17) is 9.84 Å². The van der Waals surface area contributed by atoms with Crippen LogP contribution >= 0.6 is 0 Å². The van der Waals surface area contributed by atoms with Crippen molar-refractivity contribution >= 4 is 5.97 Å².